The molecule has 1 atom stereocenters. The summed E-state index contributed by atoms with van der Waals surface area (Å²) < 4.78 is 7.22. The van der Waals surface area contributed by atoms with Crippen LogP contribution in [0.3, 0.4) is 0 Å². The summed E-state index contributed by atoms with van der Waals surface area (Å²) in [6.45, 7) is 1.77. The fraction of sp³-hybridized carbons (Fsp3) is 0.259. The van der Waals surface area contributed by atoms with Gasteiger partial charge in [-0.05, 0) is 18.1 Å². The number of hydrogen-bond donors (Lipinski definition) is 1. The molecule has 1 N–H and O–H groups in total. The lowest BCUT2D eigenvalue weighted by Crippen LogP contribution is -2.22. The van der Waals surface area contributed by atoms with Crippen molar-refractivity contribution in [1.29, 1.82) is 0 Å². The second-order valence-corrected chi connectivity index (χ2v) is 9.96. The maximum atomic E-state index is 9.83. The van der Waals surface area contributed by atoms with Gasteiger partial charge in [0.1, 0.15) is 10.6 Å². The summed E-state index contributed by atoms with van der Waals surface area (Å²) in [6.07, 6.45) is 6.44. The number of nitrogens with zero attached hydrogens (tertiary/aromatic N) is 6. The summed E-state index contributed by atoms with van der Waals surface area (Å²) in [4.78, 5) is 23.4. The average molecular weight is 499 g/mol. The lowest BCUT2D eigenvalue weighted by molar-refractivity contribution is 0.238. The number of aliphatic hydroxyl groups excluding tert-OH is 1. The van der Waals surface area contributed by atoms with E-state index >= 15 is 0 Å². The summed E-state index contributed by atoms with van der Waals surface area (Å²) in [7, 11) is 3.57. The lowest BCUT2D eigenvalue weighted by Gasteiger charge is -2.20. The van der Waals surface area contributed by atoms with E-state index in [0.29, 0.717) is 11.7 Å². The smallest absolute Gasteiger partial charge is 0.212 e. The number of benzene rings is 1. The van der Waals surface area contributed by atoms with Crippen LogP contribution in [0.25, 0.3) is 43.4 Å². The highest BCUT2D eigenvalue weighted by Crippen LogP contribution is 2.48. The Kier molecular flexibility index (Phi) is 5.86. The van der Waals surface area contributed by atoms with E-state index in [-0.39, 0.29) is 12.5 Å². The summed E-state index contributed by atoms with van der Waals surface area (Å²) in [6, 6.07) is 14.3. The average Bonchev–Trinajstić information content (AvgIpc) is 3.67. The van der Waals surface area contributed by atoms with Crippen LogP contribution in [-0.4, -0.2) is 56.4 Å². The maximum Gasteiger partial charge on any atom is 0.212 e. The van der Waals surface area contributed by atoms with Gasteiger partial charge in [-0.2, -0.15) is 0 Å². The Hall–Kier alpha value is -3.82. The number of aryl methyl sites for hydroxylation is 1. The van der Waals surface area contributed by atoms with Crippen molar-refractivity contribution in [3.8, 4) is 39.1 Å². The van der Waals surface area contributed by atoms with Crippen molar-refractivity contribution >= 4 is 27.4 Å². The van der Waals surface area contributed by atoms with Crippen LogP contribution in [0.5, 0.6) is 5.88 Å². The largest absolute Gasteiger partial charge is 0.481 e. The Bertz CT molecular complexity index is 1510. The number of thiophene rings is 1. The second-order valence-electron chi connectivity index (χ2n) is 8.96. The highest BCUT2D eigenvalue weighted by Gasteiger charge is 2.29. The number of imidazole rings is 1. The third-order valence-electron chi connectivity index (χ3n) is 6.67. The number of ether oxygens (including phenoxy) is 1. The SMILES string of the molecule is COc1ccc(-c2sc3nc(-c4nccn4C)nc(N4CCC(CO)C4)c3c2-c2ccccc2)cn1. The third-order valence-corrected chi connectivity index (χ3v) is 7.80. The predicted octanol–water partition coefficient (Wildman–Crippen LogP) is 4.65. The number of hydrogen-bond acceptors (Lipinski definition) is 8. The quantitative estimate of drug-likeness (QED) is 0.365. The molecule has 5 heterocycles. The third kappa shape index (κ3) is 3.90. The first kappa shape index (κ1) is 22.6. The van der Waals surface area contributed by atoms with E-state index in [9.17, 15) is 5.11 Å². The van der Waals surface area contributed by atoms with Gasteiger partial charge in [-0.1, -0.05) is 30.3 Å². The minimum atomic E-state index is 0.175. The topological polar surface area (TPSA) is 89.2 Å². The molecular formula is C27H26N6O2S. The van der Waals surface area contributed by atoms with Crippen LogP contribution < -0.4 is 9.64 Å². The molecule has 1 aliphatic rings. The highest BCUT2D eigenvalue weighted by molar-refractivity contribution is 7.22. The van der Waals surface area contributed by atoms with E-state index in [1.165, 1.54) is 0 Å². The molecule has 8 nitrogen and oxygen atoms in total. The van der Waals surface area contributed by atoms with E-state index in [4.69, 9.17) is 14.7 Å². The minimum Gasteiger partial charge on any atom is -0.481 e. The van der Waals surface area contributed by atoms with Gasteiger partial charge in [0.15, 0.2) is 11.6 Å². The summed E-state index contributed by atoms with van der Waals surface area (Å²) in [5.74, 6) is 3.01. The zero-order valence-corrected chi connectivity index (χ0v) is 20.9. The van der Waals surface area contributed by atoms with Crippen molar-refractivity contribution < 1.29 is 9.84 Å². The first-order valence-electron chi connectivity index (χ1n) is 11.9. The summed E-state index contributed by atoms with van der Waals surface area (Å²) in [5.41, 5.74) is 3.19. The monoisotopic (exact) mass is 498 g/mol. The molecule has 1 aromatic carbocycles. The van der Waals surface area contributed by atoms with Gasteiger partial charge in [-0.3, -0.25) is 0 Å². The fourth-order valence-corrected chi connectivity index (χ4v) is 5.97. The molecule has 0 bridgehead atoms. The van der Waals surface area contributed by atoms with Gasteiger partial charge in [0.05, 0.1) is 12.5 Å². The number of aliphatic hydroxyl groups is 1. The number of aromatic nitrogens is 5. The van der Waals surface area contributed by atoms with Crippen molar-refractivity contribution in [2.75, 3.05) is 31.7 Å². The van der Waals surface area contributed by atoms with Gasteiger partial charge in [0.25, 0.3) is 0 Å². The van der Waals surface area contributed by atoms with Crippen molar-refractivity contribution in [2.45, 2.75) is 6.42 Å². The number of anilines is 1. The van der Waals surface area contributed by atoms with Gasteiger partial charge < -0.3 is 19.3 Å². The molecule has 0 saturated carbocycles. The predicted molar refractivity (Wildman–Crippen MR) is 142 cm³/mol. The lowest BCUT2D eigenvalue weighted by atomic mass is 10.00. The number of methoxy groups -OCH3 is 1. The normalized spacial score (nSPS) is 15.6. The molecule has 1 aliphatic heterocycles. The van der Waals surface area contributed by atoms with Crippen LogP contribution in [0.15, 0.2) is 61.1 Å². The molecule has 0 radical (unpaired) electrons. The molecule has 0 spiro atoms. The zero-order valence-electron chi connectivity index (χ0n) is 20.1. The Morgan fingerprint density at radius 2 is 1.94 bits per heavy atom. The highest BCUT2D eigenvalue weighted by atomic mass is 32.1. The Balaban J connectivity index is 1.65. The standard InChI is InChI=1S/C27H26N6O2S/c1-32-13-11-28-26(32)24-30-25(33-12-10-17(15-33)16-34)22-21(18-6-4-3-5-7-18)23(36-27(22)31-24)19-8-9-20(35-2)29-14-19/h3-9,11,13-14,17,34H,10,12,15-16H2,1-2H3. The molecule has 0 amide bonds. The van der Waals surface area contributed by atoms with Gasteiger partial charge >= 0.3 is 0 Å². The molecule has 1 unspecified atom stereocenters. The van der Waals surface area contributed by atoms with Gasteiger partial charge in [0, 0.05) is 73.3 Å². The molecule has 182 valence electrons. The van der Waals surface area contributed by atoms with Crippen LogP contribution in [0.2, 0.25) is 0 Å². The van der Waals surface area contributed by atoms with Crippen LogP contribution >= 0.6 is 11.3 Å². The first-order chi connectivity index (χ1) is 17.7. The Morgan fingerprint density at radius 3 is 2.61 bits per heavy atom. The zero-order chi connectivity index (χ0) is 24.6. The van der Waals surface area contributed by atoms with E-state index in [1.807, 2.05) is 42.2 Å². The molecule has 6 rings (SSSR count). The maximum absolute atomic E-state index is 9.83. The van der Waals surface area contributed by atoms with E-state index in [1.54, 1.807) is 24.6 Å². The van der Waals surface area contributed by atoms with Crippen molar-refractivity contribution in [2.24, 2.45) is 13.0 Å². The van der Waals surface area contributed by atoms with Gasteiger partial charge in [-0.15, -0.1) is 11.3 Å². The molecule has 5 aromatic rings. The summed E-state index contributed by atoms with van der Waals surface area (Å²) in [5, 5.41) is 10.8. The van der Waals surface area contributed by atoms with Crippen LogP contribution in [0, 0.1) is 5.92 Å². The van der Waals surface area contributed by atoms with Crippen LogP contribution in [-0.2, 0) is 7.05 Å². The van der Waals surface area contributed by atoms with Gasteiger partial charge in [0.2, 0.25) is 5.88 Å². The molecule has 0 aliphatic carbocycles. The van der Waals surface area contributed by atoms with Crippen molar-refractivity contribution in [3.05, 3.63) is 61.1 Å². The molecule has 1 fully saturated rings. The number of rotatable bonds is 6. The summed E-state index contributed by atoms with van der Waals surface area (Å²) >= 11 is 1.64. The Labute approximate surface area is 212 Å². The molecule has 36 heavy (non-hydrogen) atoms. The molecular weight excluding hydrogens is 472 g/mol. The molecule has 9 heteroatoms. The van der Waals surface area contributed by atoms with Gasteiger partial charge in [-0.25, -0.2) is 19.9 Å². The number of fused-ring (bicyclic) bond motifs is 1. The van der Waals surface area contributed by atoms with E-state index in [0.717, 1.165) is 62.9 Å². The first-order valence-corrected chi connectivity index (χ1v) is 12.7. The van der Waals surface area contributed by atoms with Crippen LogP contribution in [0.1, 0.15) is 6.42 Å². The van der Waals surface area contributed by atoms with E-state index < -0.39 is 0 Å². The van der Waals surface area contributed by atoms with E-state index in [2.05, 4.69) is 39.1 Å². The second kappa shape index (κ2) is 9.33. The molecule has 4 aromatic heterocycles. The van der Waals surface area contributed by atoms with Crippen molar-refractivity contribution in [1.82, 2.24) is 24.5 Å². The fourth-order valence-electron chi connectivity index (χ4n) is 4.79. The minimum absolute atomic E-state index is 0.175. The molecule has 1 saturated heterocycles. The number of pyridine rings is 1. The Morgan fingerprint density at radius 1 is 1.08 bits per heavy atom. The van der Waals surface area contributed by atoms with Crippen LogP contribution in [0.4, 0.5) is 5.82 Å². The van der Waals surface area contributed by atoms with Crippen molar-refractivity contribution in [3.63, 3.8) is 0 Å².